The van der Waals surface area contributed by atoms with E-state index >= 15 is 0 Å². The van der Waals surface area contributed by atoms with Crippen LogP contribution in [-0.4, -0.2) is 45.9 Å². The number of benzene rings is 2. The number of rotatable bonds is 10. The first-order valence-electron chi connectivity index (χ1n) is 11.4. The fourth-order valence-electron chi connectivity index (χ4n) is 3.87. The van der Waals surface area contributed by atoms with Gasteiger partial charge in [-0.2, -0.15) is 0 Å². The minimum atomic E-state index is -0.107. The molecule has 1 aromatic heterocycles. The molecule has 0 aliphatic rings. The van der Waals surface area contributed by atoms with Gasteiger partial charge in [0.2, 0.25) is 5.91 Å². The Kier molecular flexibility index (Phi) is 8.03. The van der Waals surface area contributed by atoms with E-state index < -0.39 is 0 Å². The van der Waals surface area contributed by atoms with Crippen LogP contribution in [0.25, 0.3) is 11.0 Å². The summed E-state index contributed by atoms with van der Waals surface area (Å²) in [6.45, 7) is 10.7. The molecule has 0 aliphatic carbocycles. The third-order valence-electron chi connectivity index (χ3n) is 5.22. The van der Waals surface area contributed by atoms with Gasteiger partial charge in [-0.15, -0.1) is 0 Å². The molecule has 32 heavy (non-hydrogen) atoms. The van der Waals surface area contributed by atoms with Crippen LogP contribution >= 0.6 is 0 Å². The van der Waals surface area contributed by atoms with Crippen LogP contribution in [0.5, 0.6) is 0 Å². The molecule has 1 N–H and O–H groups in total. The molecule has 0 atom stereocenters. The highest BCUT2D eigenvalue weighted by Gasteiger charge is 2.20. The number of carbonyl (C=O) groups excluding carboxylic acids is 2. The van der Waals surface area contributed by atoms with Gasteiger partial charge >= 0.3 is 0 Å². The van der Waals surface area contributed by atoms with E-state index in [0.717, 1.165) is 29.9 Å². The summed E-state index contributed by atoms with van der Waals surface area (Å²) in [6.07, 6.45) is 0.550. The highest BCUT2D eigenvalue weighted by molar-refractivity contribution is 5.94. The summed E-state index contributed by atoms with van der Waals surface area (Å²) in [6, 6.07) is 17.0. The van der Waals surface area contributed by atoms with Crippen LogP contribution in [-0.2, 0) is 17.8 Å². The van der Waals surface area contributed by atoms with Gasteiger partial charge < -0.3 is 14.8 Å². The average Bonchev–Trinajstić information content (AvgIpc) is 3.10. The van der Waals surface area contributed by atoms with Crippen molar-refractivity contribution in [2.24, 2.45) is 11.8 Å². The standard InChI is InChI=1S/C26H34N4O2/c1-19(2)16-29(17-20(3)4)25(31)18-30-23-13-9-8-12-22(23)28-24(30)14-15-27-26(32)21-10-6-5-7-11-21/h5-13,19-20H,14-18H2,1-4H3,(H,27,32). The zero-order valence-corrected chi connectivity index (χ0v) is 19.5. The monoisotopic (exact) mass is 434 g/mol. The molecule has 0 spiro atoms. The van der Waals surface area contributed by atoms with Crippen molar-refractivity contribution in [2.75, 3.05) is 19.6 Å². The number of amides is 2. The summed E-state index contributed by atoms with van der Waals surface area (Å²) in [5.41, 5.74) is 2.44. The lowest BCUT2D eigenvalue weighted by Crippen LogP contribution is -2.39. The number of carbonyl (C=O) groups is 2. The van der Waals surface area contributed by atoms with Gasteiger partial charge in [0.25, 0.3) is 5.91 Å². The first-order chi connectivity index (χ1) is 15.3. The number of hydrogen-bond donors (Lipinski definition) is 1. The number of nitrogens with zero attached hydrogens (tertiary/aromatic N) is 3. The van der Waals surface area contributed by atoms with Crippen molar-refractivity contribution in [1.29, 1.82) is 0 Å². The molecule has 0 fully saturated rings. The Bertz CT molecular complexity index is 1030. The van der Waals surface area contributed by atoms with Crippen LogP contribution in [0.2, 0.25) is 0 Å². The van der Waals surface area contributed by atoms with Gasteiger partial charge in [-0.25, -0.2) is 4.98 Å². The number of fused-ring (bicyclic) bond motifs is 1. The van der Waals surface area contributed by atoms with E-state index in [1.807, 2.05) is 51.9 Å². The van der Waals surface area contributed by atoms with Crippen LogP contribution in [0.1, 0.15) is 43.9 Å². The smallest absolute Gasteiger partial charge is 0.251 e. The molecule has 1 heterocycles. The highest BCUT2D eigenvalue weighted by Crippen LogP contribution is 2.17. The van der Waals surface area contributed by atoms with Gasteiger partial charge in [-0.1, -0.05) is 58.0 Å². The number of para-hydroxylation sites is 2. The van der Waals surface area contributed by atoms with Crippen molar-refractivity contribution in [1.82, 2.24) is 19.8 Å². The molecule has 0 unspecified atom stereocenters. The molecule has 3 aromatic rings. The number of aromatic nitrogens is 2. The van der Waals surface area contributed by atoms with Gasteiger partial charge in [0.1, 0.15) is 12.4 Å². The Morgan fingerprint density at radius 2 is 1.56 bits per heavy atom. The van der Waals surface area contributed by atoms with E-state index in [9.17, 15) is 9.59 Å². The first kappa shape index (κ1) is 23.5. The molecule has 0 saturated heterocycles. The summed E-state index contributed by atoms with van der Waals surface area (Å²) in [5.74, 6) is 1.62. The third kappa shape index (κ3) is 6.19. The molecule has 2 aromatic carbocycles. The van der Waals surface area contributed by atoms with Gasteiger partial charge in [0.15, 0.2) is 0 Å². The molecule has 6 nitrogen and oxygen atoms in total. The van der Waals surface area contributed by atoms with Crippen LogP contribution in [0.4, 0.5) is 0 Å². The van der Waals surface area contributed by atoms with Crippen molar-refractivity contribution in [3.63, 3.8) is 0 Å². The molecular weight excluding hydrogens is 400 g/mol. The molecule has 0 aliphatic heterocycles. The van der Waals surface area contributed by atoms with E-state index in [0.29, 0.717) is 30.4 Å². The van der Waals surface area contributed by atoms with Crippen molar-refractivity contribution < 1.29 is 9.59 Å². The van der Waals surface area contributed by atoms with E-state index in [4.69, 9.17) is 4.98 Å². The van der Waals surface area contributed by atoms with Gasteiger partial charge in [0, 0.05) is 31.6 Å². The Balaban J connectivity index is 1.76. The van der Waals surface area contributed by atoms with Crippen molar-refractivity contribution in [3.05, 3.63) is 66.0 Å². The number of hydrogen-bond acceptors (Lipinski definition) is 3. The minimum Gasteiger partial charge on any atom is -0.352 e. The van der Waals surface area contributed by atoms with E-state index in [1.165, 1.54) is 0 Å². The van der Waals surface area contributed by atoms with E-state index in [-0.39, 0.29) is 18.4 Å². The van der Waals surface area contributed by atoms with Crippen molar-refractivity contribution in [3.8, 4) is 0 Å². The molecule has 0 radical (unpaired) electrons. The lowest BCUT2D eigenvalue weighted by Gasteiger charge is -2.27. The quantitative estimate of drug-likeness (QED) is 0.521. The van der Waals surface area contributed by atoms with Crippen molar-refractivity contribution in [2.45, 2.75) is 40.7 Å². The first-order valence-corrected chi connectivity index (χ1v) is 11.4. The molecular formula is C26H34N4O2. The van der Waals surface area contributed by atoms with E-state index in [2.05, 4.69) is 33.0 Å². The second kappa shape index (κ2) is 10.9. The molecule has 2 amide bonds. The van der Waals surface area contributed by atoms with Gasteiger partial charge in [-0.3, -0.25) is 9.59 Å². The molecule has 170 valence electrons. The Morgan fingerprint density at radius 1 is 0.938 bits per heavy atom. The average molecular weight is 435 g/mol. The third-order valence-corrected chi connectivity index (χ3v) is 5.22. The lowest BCUT2D eigenvalue weighted by atomic mass is 10.1. The maximum absolute atomic E-state index is 13.3. The number of imidazole rings is 1. The van der Waals surface area contributed by atoms with Crippen LogP contribution in [0, 0.1) is 11.8 Å². The maximum atomic E-state index is 13.3. The molecule has 3 rings (SSSR count). The van der Waals surface area contributed by atoms with Crippen LogP contribution in [0.3, 0.4) is 0 Å². The summed E-state index contributed by atoms with van der Waals surface area (Å²) in [4.78, 5) is 32.3. The van der Waals surface area contributed by atoms with Crippen molar-refractivity contribution >= 4 is 22.8 Å². The molecule has 0 saturated carbocycles. The summed E-state index contributed by atoms with van der Waals surface area (Å²) in [7, 11) is 0. The predicted molar refractivity (Wildman–Crippen MR) is 128 cm³/mol. The zero-order chi connectivity index (χ0) is 23.1. The second-order valence-electron chi connectivity index (χ2n) is 9.06. The van der Waals surface area contributed by atoms with Crippen LogP contribution < -0.4 is 5.32 Å². The molecule has 0 bridgehead atoms. The zero-order valence-electron chi connectivity index (χ0n) is 19.5. The minimum absolute atomic E-state index is 0.102. The largest absolute Gasteiger partial charge is 0.352 e. The second-order valence-corrected chi connectivity index (χ2v) is 9.06. The van der Waals surface area contributed by atoms with Crippen LogP contribution in [0.15, 0.2) is 54.6 Å². The Hall–Kier alpha value is -3.15. The van der Waals surface area contributed by atoms with Gasteiger partial charge in [-0.05, 0) is 36.1 Å². The lowest BCUT2D eigenvalue weighted by molar-refractivity contribution is -0.132. The Morgan fingerprint density at radius 3 is 2.22 bits per heavy atom. The molecule has 6 heteroatoms. The highest BCUT2D eigenvalue weighted by atomic mass is 16.2. The fourth-order valence-corrected chi connectivity index (χ4v) is 3.87. The summed E-state index contributed by atoms with van der Waals surface area (Å²) < 4.78 is 2.00. The SMILES string of the molecule is CC(C)CN(CC(C)C)C(=O)Cn1c(CCNC(=O)c2ccccc2)nc2ccccc21. The predicted octanol–water partition coefficient (Wildman–Crippen LogP) is 4.15. The fraction of sp³-hybridized carbons (Fsp3) is 0.423. The topological polar surface area (TPSA) is 67.2 Å². The maximum Gasteiger partial charge on any atom is 0.251 e. The summed E-state index contributed by atoms with van der Waals surface area (Å²) in [5, 5.41) is 2.96. The van der Waals surface area contributed by atoms with Gasteiger partial charge in [0.05, 0.1) is 11.0 Å². The Labute approximate surface area is 190 Å². The van der Waals surface area contributed by atoms with E-state index in [1.54, 1.807) is 12.1 Å². The number of nitrogens with one attached hydrogen (secondary N) is 1. The summed E-state index contributed by atoms with van der Waals surface area (Å²) >= 11 is 0. The normalized spacial score (nSPS) is 11.3.